The Balaban J connectivity index is 2.05. The van der Waals surface area contributed by atoms with Crippen molar-refractivity contribution in [2.45, 2.75) is 45.9 Å². The number of guanidine groups is 1. The quantitative estimate of drug-likeness (QED) is 0.483. The van der Waals surface area contributed by atoms with E-state index in [0.717, 1.165) is 6.07 Å². The monoisotopic (exact) mass is 436 g/mol. The zero-order valence-corrected chi connectivity index (χ0v) is 17.3. The van der Waals surface area contributed by atoms with Gasteiger partial charge in [-0.3, -0.25) is 0 Å². The summed E-state index contributed by atoms with van der Waals surface area (Å²) in [6, 6.07) is 3.72. The molecule has 1 aromatic rings. The summed E-state index contributed by atoms with van der Waals surface area (Å²) in [6.07, 6.45) is 1.20. The van der Waals surface area contributed by atoms with Crippen LogP contribution >= 0.6 is 0 Å². The number of aliphatic imine (C=N–C) groups is 1. The lowest BCUT2D eigenvalue weighted by Crippen LogP contribution is -2.50. The maximum absolute atomic E-state index is 14.1. The SMILES string of the molecule is CCNC(=NCc1c(F)cccc1OC(F)F)NC1CCN(S(=O)(=O)CC)CC1. The molecule has 2 N–H and O–H groups in total. The molecule has 1 aliphatic heterocycles. The molecule has 0 spiro atoms. The largest absolute Gasteiger partial charge is 0.434 e. The summed E-state index contributed by atoms with van der Waals surface area (Å²) >= 11 is 0. The van der Waals surface area contributed by atoms with E-state index in [-0.39, 0.29) is 29.7 Å². The second-order valence-corrected chi connectivity index (χ2v) is 8.77. The molecule has 164 valence electrons. The number of hydrogen-bond acceptors (Lipinski definition) is 4. The molecule has 1 saturated heterocycles. The molecule has 0 aromatic heterocycles. The molecule has 1 fully saturated rings. The van der Waals surface area contributed by atoms with Crippen molar-refractivity contribution in [2.24, 2.45) is 4.99 Å². The Bertz CT molecular complexity index is 798. The van der Waals surface area contributed by atoms with Gasteiger partial charge in [0.25, 0.3) is 0 Å². The highest BCUT2D eigenvalue weighted by Gasteiger charge is 2.27. The van der Waals surface area contributed by atoms with Crippen molar-refractivity contribution in [3.05, 3.63) is 29.6 Å². The molecule has 1 aromatic carbocycles. The fraction of sp³-hybridized carbons (Fsp3) is 0.611. The standard InChI is InChI=1S/C18H27F3N4O3S/c1-3-22-18(24-13-8-10-25(11-9-13)29(26,27)4-2)23-12-14-15(19)6-5-7-16(14)28-17(20)21/h5-7,13,17H,3-4,8-12H2,1-2H3,(H2,22,23,24). The van der Waals surface area contributed by atoms with Crippen molar-refractivity contribution < 1.29 is 26.3 Å². The molecule has 0 atom stereocenters. The van der Waals surface area contributed by atoms with Gasteiger partial charge < -0.3 is 15.4 Å². The van der Waals surface area contributed by atoms with Crippen LogP contribution in [0.4, 0.5) is 13.2 Å². The first kappa shape index (κ1) is 23.3. The van der Waals surface area contributed by atoms with Crippen molar-refractivity contribution >= 4 is 16.0 Å². The zero-order valence-electron chi connectivity index (χ0n) is 16.5. The van der Waals surface area contributed by atoms with Crippen molar-refractivity contribution in [1.82, 2.24) is 14.9 Å². The average molecular weight is 437 g/mol. The number of halogens is 3. The molecule has 0 bridgehead atoms. The van der Waals surface area contributed by atoms with E-state index < -0.39 is 22.5 Å². The van der Waals surface area contributed by atoms with Crippen molar-refractivity contribution in [3.63, 3.8) is 0 Å². The van der Waals surface area contributed by atoms with E-state index in [9.17, 15) is 21.6 Å². The Hall–Kier alpha value is -2.01. The minimum atomic E-state index is -3.21. The molecule has 0 amide bonds. The highest BCUT2D eigenvalue weighted by atomic mass is 32.2. The lowest BCUT2D eigenvalue weighted by Gasteiger charge is -2.32. The number of nitrogens with one attached hydrogen (secondary N) is 2. The summed E-state index contributed by atoms with van der Waals surface area (Å²) in [5.41, 5.74) is -0.0612. The van der Waals surface area contributed by atoms with Crippen molar-refractivity contribution in [3.8, 4) is 5.75 Å². The molecule has 0 saturated carbocycles. The molecule has 2 rings (SSSR count). The number of ether oxygens (including phenoxy) is 1. The van der Waals surface area contributed by atoms with Gasteiger partial charge >= 0.3 is 6.61 Å². The van der Waals surface area contributed by atoms with Gasteiger partial charge in [0.1, 0.15) is 11.6 Å². The third-order valence-corrected chi connectivity index (χ3v) is 6.47. The van der Waals surface area contributed by atoms with Gasteiger partial charge in [-0.15, -0.1) is 0 Å². The molecule has 0 unspecified atom stereocenters. The molecule has 7 nitrogen and oxygen atoms in total. The van der Waals surface area contributed by atoms with Gasteiger partial charge in [-0.05, 0) is 38.8 Å². The van der Waals surface area contributed by atoms with E-state index in [2.05, 4.69) is 20.4 Å². The van der Waals surface area contributed by atoms with Crippen LogP contribution in [0.25, 0.3) is 0 Å². The van der Waals surface area contributed by atoms with Gasteiger partial charge in [-0.1, -0.05) is 6.07 Å². The Morgan fingerprint density at radius 3 is 2.59 bits per heavy atom. The summed E-state index contributed by atoms with van der Waals surface area (Å²) in [5.74, 6) is -0.463. The molecule has 1 heterocycles. The first-order valence-corrected chi connectivity index (χ1v) is 11.1. The number of piperidine rings is 1. The first-order chi connectivity index (χ1) is 13.8. The topological polar surface area (TPSA) is 83.0 Å². The molecule has 1 aliphatic rings. The molecular weight excluding hydrogens is 409 g/mol. The van der Waals surface area contributed by atoms with Crippen molar-refractivity contribution in [1.29, 1.82) is 0 Å². The maximum Gasteiger partial charge on any atom is 0.387 e. The van der Waals surface area contributed by atoms with Crippen LogP contribution in [0.2, 0.25) is 0 Å². The van der Waals surface area contributed by atoms with E-state index in [1.807, 2.05) is 6.92 Å². The Kier molecular flexibility index (Phi) is 8.57. The van der Waals surface area contributed by atoms with Crippen LogP contribution < -0.4 is 15.4 Å². The number of hydrogen-bond donors (Lipinski definition) is 2. The Morgan fingerprint density at radius 1 is 1.31 bits per heavy atom. The van der Waals surface area contributed by atoms with Gasteiger partial charge in [0.15, 0.2) is 5.96 Å². The lowest BCUT2D eigenvalue weighted by molar-refractivity contribution is -0.0506. The summed E-state index contributed by atoms with van der Waals surface area (Å²) in [5, 5.41) is 6.23. The second-order valence-electron chi connectivity index (χ2n) is 6.51. The van der Waals surface area contributed by atoms with Gasteiger partial charge in [-0.25, -0.2) is 22.1 Å². The Labute approximate surface area is 169 Å². The predicted molar refractivity (Wildman–Crippen MR) is 105 cm³/mol. The molecule has 11 heteroatoms. The number of rotatable bonds is 8. The average Bonchev–Trinajstić information content (AvgIpc) is 2.67. The van der Waals surface area contributed by atoms with Gasteiger partial charge in [-0.2, -0.15) is 8.78 Å². The smallest absolute Gasteiger partial charge is 0.387 e. The number of sulfonamides is 1. The Morgan fingerprint density at radius 2 is 2.00 bits per heavy atom. The van der Waals surface area contributed by atoms with E-state index in [1.165, 1.54) is 16.4 Å². The molecular formula is C18H27F3N4O3S. The van der Waals surface area contributed by atoms with E-state index in [1.54, 1.807) is 6.92 Å². The van der Waals surface area contributed by atoms with Crippen LogP contribution in [0.5, 0.6) is 5.75 Å². The zero-order chi connectivity index (χ0) is 21.4. The maximum atomic E-state index is 14.1. The third-order valence-electron chi connectivity index (χ3n) is 4.58. The predicted octanol–water partition coefficient (Wildman–Crippen LogP) is 2.30. The number of benzene rings is 1. The van der Waals surface area contributed by atoms with Crippen LogP contribution in [-0.4, -0.2) is 56.7 Å². The molecule has 0 radical (unpaired) electrons. The highest BCUT2D eigenvalue weighted by Crippen LogP contribution is 2.24. The minimum Gasteiger partial charge on any atom is -0.434 e. The van der Waals surface area contributed by atoms with Gasteiger partial charge in [0.05, 0.1) is 17.9 Å². The highest BCUT2D eigenvalue weighted by molar-refractivity contribution is 7.89. The normalized spacial score (nSPS) is 16.8. The first-order valence-electron chi connectivity index (χ1n) is 9.51. The van der Waals surface area contributed by atoms with Gasteiger partial charge in [0.2, 0.25) is 10.0 Å². The van der Waals surface area contributed by atoms with Crippen LogP contribution in [0.15, 0.2) is 23.2 Å². The fourth-order valence-corrected chi connectivity index (χ4v) is 4.16. The number of alkyl halides is 2. The summed E-state index contributed by atoms with van der Waals surface area (Å²) in [7, 11) is -3.21. The third kappa shape index (κ3) is 6.77. The summed E-state index contributed by atoms with van der Waals surface area (Å²) in [6.45, 7) is 1.60. The van der Waals surface area contributed by atoms with E-state index >= 15 is 0 Å². The molecule has 29 heavy (non-hydrogen) atoms. The van der Waals surface area contributed by atoms with Crippen LogP contribution in [0, 0.1) is 5.82 Å². The van der Waals surface area contributed by atoms with Gasteiger partial charge in [0, 0.05) is 25.7 Å². The van der Waals surface area contributed by atoms with E-state index in [0.29, 0.717) is 38.4 Å². The minimum absolute atomic E-state index is 0.00601. The number of nitrogens with zero attached hydrogens (tertiary/aromatic N) is 2. The fourth-order valence-electron chi connectivity index (χ4n) is 3.03. The van der Waals surface area contributed by atoms with Crippen LogP contribution in [-0.2, 0) is 16.6 Å². The summed E-state index contributed by atoms with van der Waals surface area (Å²) in [4.78, 5) is 4.29. The van der Waals surface area contributed by atoms with Crippen LogP contribution in [0.1, 0.15) is 32.3 Å². The molecule has 0 aliphatic carbocycles. The van der Waals surface area contributed by atoms with E-state index in [4.69, 9.17) is 0 Å². The summed E-state index contributed by atoms with van der Waals surface area (Å²) < 4.78 is 68.9. The second kappa shape index (κ2) is 10.7. The van der Waals surface area contributed by atoms with Crippen LogP contribution in [0.3, 0.4) is 0 Å². The lowest BCUT2D eigenvalue weighted by atomic mass is 10.1. The van der Waals surface area contributed by atoms with Crippen molar-refractivity contribution in [2.75, 3.05) is 25.4 Å².